The molecule has 0 saturated heterocycles. The minimum absolute atomic E-state index is 0.290. The first-order valence-electron chi connectivity index (χ1n) is 7.12. The van der Waals surface area contributed by atoms with Crippen molar-refractivity contribution in [2.24, 2.45) is 0 Å². The number of nitro groups is 2. The largest absolute Gasteiger partial charge is 0.351 e. The number of para-hydroxylation sites is 1. The molecule has 0 N–H and O–H groups in total. The maximum atomic E-state index is 11.3. The van der Waals surface area contributed by atoms with Crippen LogP contribution in [0.1, 0.15) is 11.1 Å². The molecule has 0 spiro atoms. The molecule has 1 aliphatic rings. The van der Waals surface area contributed by atoms with Crippen LogP contribution in [0, 0.1) is 20.2 Å². The van der Waals surface area contributed by atoms with Crippen LogP contribution in [0.2, 0.25) is 0 Å². The van der Waals surface area contributed by atoms with E-state index in [1.165, 1.54) is 12.1 Å². The number of benzene rings is 2. The number of fused-ring (bicyclic) bond motifs is 1. The highest BCUT2D eigenvalue weighted by Gasteiger charge is 2.20. The molecule has 120 valence electrons. The van der Waals surface area contributed by atoms with Crippen LogP contribution < -0.4 is 4.90 Å². The minimum atomic E-state index is -0.644. The topological polar surface area (TPSA) is 89.5 Å². The Hall–Kier alpha value is -3.48. The summed E-state index contributed by atoms with van der Waals surface area (Å²) in [4.78, 5) is 22.8. The first kappa shape index (κ1) is 15.4. The van der Waals surface area contributed by atoms with Crippen molar-refractivity contribution in [3.05, 3.63) is 86.1 Å². The van der Waals surface area contributed by atoms with Gasteiger partial charge < -0.3 is 4.90 Å². The molecule has 2 aromatic rings. The summed E-state index contributed by atoms with van der Waals surface area (Å²) in [7, 11) is 1.92. The monoisotopic (exact) mass is 323 g/mol. The number of anilines is 1. The second kappa shape index (κ2) is 5.96. The van der Waals surface area contributed by atoms with Crippen LogP contribution in [-0.4, -0.2) is 16.9 Å². The fraction of sp³-hybridized carbons (Fsp3) is 0.0588. The molecule has 0 aliphatic carbocycles. The lowest BCUT2D eigenvalue weighted by atomic mass is 9.97. The van der Waals surface area contributed by atoms with E-state index in [0.717, 1.165) is 22.9 Å². The first-order valence-corrected chi connectivity index (χ1v) is 7.12. The lowest BCUT2D eigenvalue weighted by Gasteiger charge is -2.23. The Balaban J connectivity index is 2.14. The summed E-state index contributed by atoms with van der Waals surface area (Å²) in [6.45, 7) is 0. The van der Waals surface area contributed by atoms with E-state index in [1.807, 2.05) is 48.5 Å². The SMILES string of the molecule is CN1C=C/C(=C/c2ccc([N+](=O)[O-])cc2[N+](=O)[O-])c2ccccc21. The number of hydrogen-bond donors (Lipinski definition) is 0. The highest BCUT2D eigenvalue weighted by molar-refractivity contribution is 5.95. The molecule has 0 bridgehead atoms. The lowest BCUT2D eigenvalue weighted by Crippen LogP contribution is -2.13. The Morgan fingerprint density at radius 1 is 1.04 bits per heavy atom. The van der Waals surface area contributed by atoms with Gasteiger partial charge in [-0.2, -0.15) is 0 Å². The zero-order chi connectivity index (χ0) is 17.3. The van der Waals surface area contributed by atoms with Crippen molar-refractivity contribution in [1.29, 1.82) is 0 Å². The second-order valence-electron chi connectivity index (χ2n) is 5.30. The van der Waals surface area contributed by atoms with Gasteiger partial charge in [-0.05, 0) is 29.9 Å². The summed E-state index contributed by atoms with van der Waals surface area (Å²) in [5, 5.41) is 22.1. The van der Waals surface area contributed by atoms with Crippen molar-refractivity contribution in [3.63, 3.8) is 0 Å². The van der Waals surface area contributed by atoms with Gasteiger partial charge in [0.1, 0.15) is 0 Å². The Labute approximate surface area is 137 Å². The molecule has 0 fully saturated rings. The molecule has 7 heteroatoms. The minimum Gasteiger partial charge on any atom is -0.351 e. The highest BCUT2D eigenvalue weighted by Crippen LogP contribution is 2.35. The molecular formula is C17H13N3O4. The summed E-state index contributed by atoms with van der Waals surface area (Å²) in [5.74, 6) is 0. The lowest BCUT2D eigenvalue weighted by molar-refractivity contribution is -0.394. The van der Waals surface area contributed by atoms with E-state index >= 15 is 0 Å². The van der Waals surface area contributed by atoms with Crippen LogP contribution in [0.3, 0.4) is 0 Å². The van der Waals surface area contributed by atoms with Gasteiger partial charge in [-0.3, -0.25) is 20.2 Å². The van der Waals surface area contributed by atoms with Gasteiger partial charge in [0.15, 0.2) is 0 Å². The third-order valence-corrected chi connectivity index (χ3v) is 3.81. The molecule has 0 radical (unpaired) electrons. The van der Waals surface area contributed by atoms with Gasteiger partial charge in [0.25, 0.3) is 11.4 Å². The number of non-ortho nitro benzene ring substituents is 1. The molecule has 2 aromatic carbocycles. The van der Waals surface area contributed by atoms with E-state index < -0.39 is 9.85 Å². The van der Waals surface area contributed by atoms with Crippen LogP contribution in [-0.2, 0) is 0 Å². The Morgan fingerprint density at radius 3 is 2.50 bits per heavy atom. The van der Waals surface area contributed by atoms with Gasteiger partial charge in [0.2, 0.25) is 0 Å². The Bertz CT molecular complexity index is 902. The van der Waals surface area contributed by atoms with Gasteiger partial charge in [-0.1, -0.05) is 18.2 Å². The smallest absolute Gasteiger partial charge is 0.283 e. The third-order valence-electron chi connectivity index (χ3n) is 3.81. The van der Waals surface area contributed by atoms with Gasteiger partial charge in [-0.15, -0.1) is 0 Å². The maximum Gasteiger partial charge on any atom is 0.283 e. The average molecular weight is 323 g/mol. The van der Waals surface area contributed by atoms with Crippen LogP contribution in [0.4, 0.5) is 17.1 Å². The molecule has 3 rings (SSSR count). The van der Waals surface area contributed by atoms with Gasteiger partial charge in [0, 0.05) is 30.6 Å². The molecule has 7 nitrogen and oxygen atoms in total. The van der Waals surface area contributed by atoms with Gasteiger partial charge in [0.05, 0.1) is 21.5 Å². The van der Waals surface area contributed by atoms with Crippen molar-refractivity contribution in [2.45, 2.75) is 0 Å². The molecule has 0 atom stereocenters. The quantitative estimate of drug-likeness (QED) is 0.629. The summed E-state index contributed by atoms with van der Waals surface area (Å²) in [6.07, 6.45) is 5.39. The van der Waals surface area contributed by atoms with Crippen molar-refractivity contribution in [2.75, 3.05) is 11.9 Å². The summed E-state index contributed by atoms with van der Waals surface area (Å²) in [5.41, 5.74) is 2.46. The maximum absolute atomic E-state index is 11.3. The molecule has 0 aromatic heterocycles. The number of rotatable bonds is 3. The standard InChI is InChI=1S/C17H13N3O4/c1-18-9-8-12(15-4-2-3-5-16(15)18)10-13-6-7-14(19(21)22)11-17(13)20(23)24/h2-11H,1H3/b12-10-. The van der Waals surface area contributed by atoms with Gasteiger partial charge >= 0.3 is 0 Å². The first-order chi connectivity index (χ1) is 11.5. The van der Waals surface area contributed by atoms with Crippen molar-refractivity contribution >= 4 is 28.7 Å². The predicted octanol–water partition coefficient (Wildman–Crippen LogP) is 4.01. The molecule has 0 unspecified atom stereocenters. The van der Waals surface area contributed by atoms with Crippen LogP contribution in [0.5, 0.6) is 0 Å². The van der Waals surface area contributed by atoms with Crippen LogP contribution in [0.15, 0.2) is 54.7 Å². The third kappa shape index (κ3) is 2.74. The highest BCUT2D eigenvalue weighted by atomic mass is 16.6. The number of allylic oxidation sites excluding steroid dienone is 2. The summed E-state index contributed by atoms with van der Waals surface area (Å²) >= 11 is 0. The van der Waals surface area contributed by atoms with Gasteiger partial charge in [-0.25, -0.2) is 0 Å². The summed E-state index contributed by atoms with van der Waals surface area (Å²) < 4.78 is 0. The fourth-order valence-electron chi connectivity index (χ4n) is 2.61. The number of nitro benzene ring substituents is 2. The molecule has 1 aliphatic heterocycles. The van der Waals surface area contributed by atoms with E-state index in [2.05, 4.69) is 0 Å². The fourth-order valence-corrected chi connectivity index (χ4v) is 2.61. The van der Waals surface area contributed by atoms with E-state index in [-0.39, 0.29) is 11.4 Å². The van der Waals surface area contributed by atoms with E-state index in [9.17, 15) is 20.2 Å². The molecular weight excluding hydrogens is 310 g/mol. The van der Waals surface area contributed by atoms with Crippen molar-refractivity contribution in [3.8, 4) is 0 Å². The van der Waals surface area contributed by atoms with E-state index in [0.29, 0.717) is 5.56 Å². The Kier molecular flexibility index (Phi) is 3.83. The summed E-state index contributed by atoms with van der Waals surface area (Å²) in [6, 6.07) is 11.3. The normalized spacial score (nSPS) is 14.5. The van der Waals surface area contributed by atoms with E-state index in [4.69, 9.17) is 0 Å². The van der Waals surface area contributed by atoms with Crippen LogP contribution in [0.25, 0.3) is 11.6 Å². The zero-order valence-corrected chi connectivity index (χ0v) is 12.7. The number of nitrogens with zero attached hydrogens (tertiary/aromatic N) is 3. The van der Waals surface area contributed by atoms with Crippen LogP contribution >= 0.6 is 0 Å². The average Bonchev–Trinajstić information content (AvgIpc) is 2.57. The molecule has 0 amide bonds. The predicted molar refractivity (Wildman–Crippen MR) is 91.6 cm³/mol. The second-order valence-corrected chi connectivity index (χ2v) is 5.30. The molecule has 0 saturated carbocycles. The molecule has 24 heavy (non-hydrogen) atoms. The zero-order valence-electron chi connectivity index (χ0n) is 12.7. The van der Waals surface area contributed by atoms with Crippen molar-refractivity contribution in [1.82, 2.24) is 0 Å². The molecule has 1 heterocycles. The Morgan fingerprint density at radius 2 is 1.79 bits per heavy atom. The van der Waals surface area contributed by atoms with E-state index in [1.54, 1.807) is 6.08 Å². The van der Waals surface area contributed by atoms with Crippen molar-refractivity contribution < 1.29 is 9.85 Å². The number of hydrogen-bond acceptors (Lipinski definition) is 5.